The highest BCUT2D eigenvalue weighted by Crippen LogP contribution is 2.28. The zero-order valence-electron chi connectivity index (χ0n) is 17.4. The summed E-state index contributed by atoms with van der Waals surface area (Å²) in [5, 5.41) is 11.9. The maximum Gasteiger partial charge on any atom is 0.276 e. The Labute approximate surface area is 185 Å². The van der Waals surface area contributed by atoms with Gasteiger partial charge in [0.15, 0.2) is 5.76 Å². The van der Waals surface area contributed by atoms with E-state index in [2.05, 4.69) is 20.8 Å². The standard InChI is InChI=1S/C21H23N5O5S/c1-14(27)23-16-4-6-17(7-5-16)24-21(28)15-3-2-12-26(13-15)32(29,30)20-9-8-19(31-20)18-10-11-22-25-18/h4-11,15H,2-3,12-13H2,1H3,(H,22,25)(H,23,27)(H,24,28). The van der Waals surface area contributed by atoms with E-state index >= 15 is 0 Å². The molecule has 1 saturated heterocycles. The Hall–Kier alpha value is -3.44. The summed E-state index contributed by atoms with van der Waals surface area (Å²) in [7, 11) is -3.88. The molecule has 0 bridgehead atoms. The molecule has 1 atom stereocenters. The lowest BCUT2D eigenvalue weighted by atomic mass is 9.98. The largest absolute Gasteiger partial charge is 0.442 e. The van der Waals surface area contributed by atoms with Gasteiger partial charge in [-0.15, -0.1) is 0 Å². The number of H-pyrrole nitrogens is 1. The quantitative estimate of drug-likeness (QED) is 0.520. The molecule has 3 heterocycles. The molecule has 11 heteroatoms. The highest BCUT2D eigenvalue weighted by atomic mass is 32.2. The van der Waals surface area contributed by atoms with Crippen molar-refractivity contribution in [1.29, 1.82) is 0 Å². The fourth-order valence-electron chi connectivity index (χ4n) is 3.58. The van der Waals surface area contributed by atoms with Crippen LogP contribution in [0.2, 0.25) is 0 Å². The van der Waals surface area contributed by atoms with Crippen LogP contribution in [0.15, 0.2) is 58.2 Å². The Kier molecular flexibility index (Phi) is 6.10. The van der Waals surface area contributed by atoms with Gasteiger partial charge in [0.05, 0.1) is 5.92 Å². The van der Waals surface area contributed by atoms with Gasteiger partial charge >= 0.3 is 0 Å². The van der Waals surface area contributed by atoms with E-state index in [1.54, 1.807) is 42.6 Å². The molecule has 3 aromatic rings. The van der Waals surface area contributed by atoms with Crippen LogP contribution in [-0.2, 0) is 19.6 Å². The van der Waals surface area contributed by atoms with E-state index in [-0.39, 0.29) is 23.5 Å². The minimum atomic E-state index is -3.88. The van der Waals surface area contributed by atoms with Gasteiger partial charge < -0.3 is 15.1 Å². The van der Waals surface area contributed by atoms with Gasteiger partial charge in [-0.05, 0) is 55.3 Å². The molecule has 4 rings (SSSR count). The van der Waals surface area contributed by atoms with E-state index in [9.17, 15) is 18.0 Å². The molecule has 3 N–H and O–H groups in total. The monoisotopic (exact) mass is 457 g/mol. The van der Waals surface area contributed by atoms with E-state index < -0.39 is 15.9 Å². The first-order valence-electron chi connectivity index (χ1n) is 10.1. The van der Waals surface area contributed by atoms with Gasteiger partial charge in [0.2, 0.25) is 16.9 Å². The highest BCUT2D eigenvalue weighted by Gasteiger charge is 2.35. The zero-order chi connectivity index (χ0) is 22.7. The van der Waals surface area contributed by atoms with Crippen molar-refractivity contribution in [3.63, 3.8) is 0 Å². The highest BCUT2D eigenvalue weighted by molar-refractivity contribution is 7.89. The normalized spacial score (nSPS) is 17.1. The number of sulfonamides is 1. The molecular weight excluding hydrogens is 434 g/mol. The Bertz CT molecular complexity index is 1200. The van der Waals surface area contributed by atoms with Crippen LogP contribution in [0.3, 0.4) is 0 Å². The first-order valence-corrected chi connectivity index (χ1v) is 11.6. The van der Waals surface area contributed by atoms with Gasteiger partial charge in [0, 0.05) is 37.6 Å². The maximum absolute atomic E-state index is 13.1. The first-order chi connectivity index (χ1) is 15.3. The topological polar surface area (TPSA) is 137 Å². The number of anilines is 2. The molecule has 2 amide bonds. The third-order valence-electron chi connectivity index (χ3n) is 5.17. The minimum Gasteiger partial charge on any atom is -0.442 e. The predicted octanol–water partition coefficient (Wildman–Crippen LogP) is 2.67. The molecule has 32 heavy (non-hydrogen) atoms. The fraction of sp³-hybridized carbons (Fsp3) is 0.286. The number of hydrogen-bond donors (Lipinski definition) is 3. The van der Waals surface area contributed by atoms with Crippen molar-refractivity contribution in [2.24, 2.45) is 5.92 Å². The minimum absolute atomic E-state index is 0.0677. The zero-order valence-corrected chi connectivity index (χ0v) is 18.2. The lowest BCUT2D eigenvalue weighted by Gasteiger charge is -2.30. The summed E-state index contributed by atoms with van der Waals surface area (Å²) in [5.74, 6) is -0.557. The number of rotatable bonds is 6. The second-order valence-electron chi connectivity index (χ2n) is 7.54. The van der Waals surface area contributed by atoms with Crippen molar-refractivity contribution in [1.82, 2.24) is 14.5 Å². The van der Waals surface area contributed by atoms with Crippen LogP contribution in [0.5, 0.6) is 0 Å². The number of piperidine rings is 1. The average Bonchev–Trinajstić information content (AvgIpc) is 3.47. The molecule has 168 valence electrons. The number of carbonyl (C=O) groups is 2. The fourth-order valence-corrected chi connectivity index (χ4v) is 5.02. The number of hydrogen-bond acceptors (Lipinski definition) is 6. The average molecular weight is 458 g/mol. The van der Waals surface area contributed by atoms with Crippen molar-refractivity contribution in [3.05, 3.63) is 48.7 Å². The van der Waals surface area contributed by atoms with Gasteiger partial charge in [-0.2, -0.15) is 9.40 Å². The van der Waals surface area contributed by atoms with Crippen molar-refractivity contribution < 1.29 is 22.4 Å². The van der Waals surface area contributed by atoms with Crippen LogP contribution in [0.4, 0.5) is 11.4 Å². The Balaban J connectivity index is 1.42. The third kappa shape index (κ3) is 4.73. The SMILES string of the molecule is CC(=O)Nc1ccc(NC(=O)C2CCCN(S(=O)(=O)c3ccc(-c4ccn[nH]4)o3)C2)cc1. The van der Waals surface area contributed by atoms with Crippen molar-refractivity contribution in [3.8, 4) is 11.5 Å². The second-order valence-corrected chi connectivity index (χ2v) is 9.41. The summed E-state index contributed by atoms with van der Waals surface area (Å²) >= 11 is 0. The summed E-state index contributed by atoms with van der Waals surface area (Å²) in [4.78, 5) is 23.9. The number of nitrogens with one attached hydrogen (secondary N) is 3. The molecule has 0 radical (unpaired) electrons. The van der Waals surface area contributed by atoms with Crippen LogP contribution >= 0.6 is 0 Å². The third-order valence-corrected chi connectivity index (χ3v) is 6.91. The number of benzene rings is 1. The first kappa shape index (κ1) is 21.8. The van der Waals surface area contributed by atoms with Crippen LogP contribution in [0, 0.1) is 5.92 Å². The summed E-state index contributed by atoms with van der Waals surface area (Å²) < 4.78 is 33.0. The molecule has 0 spiro atoms. The van der Waals surface area contributed by atoms with Gasteiger partial charge in [0.25, 0.3) is 10.0 Å². The number of aromatic nitrogens is 2. The van der Waals surface area contributed by atoms with Crippen molar-refractivity contribution in [2.45, 2.75) is 24.9 Å². The number of nitrogens with zero attached hydrogens (tertiary/aromatic N) is 2. The molecule has 2 aromatic heterocycles. The molecule has 1 aromatic carbocycles. The van der Waals surface area contributed by atoms with Crippen molar-refractivity contribution >= 4 is 33.2 Å². The van der Waals surface area contributed by atoms with E-state index in [0.717, 1.165) is 0 Å². The second kappa shape index (κ2) is 8.97. The summed E-state index contributed by atoms with van der Waals surface area (Å²) in [6.07, 6.45) is 2.69. The van der Waals surface area contributed by atoms with Gasteiger partial charge in [-0.25, -0.2) is 8.42 Å². The predicted molar refractivity (Wildman–Crippen MR) is 117 cm³/mol. The van der Waals surface area contributed by atoms with Crippen LogP contribution < -0.4 is 10.6 Å². The maximum atomic E-state index is 13.1. The molecule has 1 aliphatic heterocycles. The summed E-state index contributed by atoms with van der Waals surface area (Å²) in [6, 6.07) is 11.4. The molecule has 1 unspecified atom stereocenters. The molecule has 1 fully saturated rings. The molecule has 0 aliphatic carbocycles. The summed E-state index contributed by atoms with van der Waals surface area (Å²) in [6.45, 7) is 1.80. The smallest absolute Gasteiger partial charge is 0.276 e. The Morgan fingerprint density at radius 1 is 1.09 bits per heavy atom. The molecule has 10 nitrogen and oxygen atoms in total. The van der Waals surface area contributed by atoms with E-state index in [1.807, 2.05) is 0 Å². The van der Waals surface area contributed by atoms with E-state index in [1.165, 1.54) is 17.3 Å². The number of carbonyl (C=O) groups excluding carboxylic acids is 2. The number of furan rings is 1. The van der Waals surface area contributed by atoms with Gasteiger partial charge in [0.1, 0.15) is 5.69 Å². The van der Waals surface area contributed by atoms with E-state index in [0.29, 0.717) is 42.2 Å². The lowest BCUT2D eigenvalue weighted by molar-refractivity contribution is -0.121. The van der Waals surface area contributed by atoms with Gasteiger partial charge in [-0.1, -0.05) is 0 Å². The van der Waals surface area contributed by atoms with E-state index in [4.69, 9.17) is 4.42 Å². The number of aromatic amines is 1. The number of amides is 2. The summed E-state index contributed by atoms with van der Waals surface area (Å²) in [5.41, 5.74) is 1.77. The molecular formula is C21H23N5O5S. The van der Waals surface area contributed by atoms with Crippen LogP contribution in [-0.4, -0.2) is 47.8 Å². The van der Waals surface area contributed by atoms with Gasteiger partial charge in [-0.3, -0.25) is 14.7 Å². The molecule has 1 aliphatic rings. The Morgan fingerprint density at radius 3 is 2.47 bits per heavy atom. The molecule has 0 saturated carbocycles. The van der Waals surface area contributed by atoms with Crippen molar-refractivity contribution in [2.75, 3.05) is 23.7 Å². The Morgan fingerprint density at radius 2 is 1.81 bits per heavy atom. The lowest BCUT2D eigenvalue weighted by Crippen LogP contribution is -2.43. The van der Waals surface area contributed by atoms with Crippen LogP contribution in [0.1, 0.15) is 19.8 Å². The van der Waals surface area contributed by atoms with Crippen LogP contribution in [0.25, 0.3) is 11.5 Å².